The second-order valence-corrected chi connectivity index (χ2v) is 6.89. The van der Waals surface area contributed by atoms with E-state index in [1.165, 1.54) is 0 Å². The van der Waals surface area contributed by atoms with E-state index < -0.39 is 0 Å². The molecule has 1 amide bonds. The Kier molecular flexibility index (Phi) is 3.94. The number of fused-ring (bicyclic) bond motifs is 2. The van der Waals surface area contributed by atoms with Crippen molar-refractivity contribution in [1.29, 1.82) is 0 Å². The fourth-order valence-electron chi connectivity index (χ4n) is 3.31. The number of amides is 1. The Hall–Kier alpha value is -3.87. The summed E-state index contributed by atoms with van der Waals surface area (Å²) in [7, 11) is 0. The normalized spacial score (nSPS) is 12.3. The third-order valence-corrected chi connectivity index (χ3v) is 4.84. The standard InChI is InChI=1S/C22H17N3O4/c1-12-3-6-15(7-4-12)23-21(26)16-10-17(24-22-20(16)13(2)25-29-22)14-5-8-18-19(9-14)28-11-27-18/h3-10H,11H2,1-2H3,(H,23,26). The van der Waals surface area contributed by atoms with E-state index in [1.54, 1.807) is 13.0 Å². The van der Waals surface area contributed by atoms with Gasteiger partial charge in [-0.15, -0.1) is 0 Å². The summed E-state index contributed by atoms with van der Waals surface area (Å²) in [6.07, 6.45) is 0. The highest BCUT2D eigenvalue weighted by Gasteiger charge is 2.21. The van der Waals surface area contributed by atoms with E-state index in [2.05, 4.69) is 15.5 Å². The summed E-state index contributed by atoms with van der Waals surface area (Å²) in [5, 5.41) is 7.52. The molecular weight excluding hydrogens is 370 g/mol. The summed E-state index contributed by atoms with van der Waals surface area (Å²) in [4.78, 5) is 17.6. The lowest BCUT2D eigenvalue weighted by Gasteiger charge is -2.09. The number of nitrogens with one attached hydrogen (secondary N) is 1. The van der Waals surface area contributed by atoms with Gasteiger partial charge in [0.25, 0.3) is 11.6 Å². The Labute approximate surface area is 166 Å². The molecule has 7 heteroatoms. The second kappa shape index (κ2) is 6.63. The molecule has 144 valence electrons. The van der Waals surface area contributed by atoms with Crippen molar-refractivity contribution in [2.45, 2.75) is 13.8 Å². The van der Waals surface area contributed by atoms with Crippen LogP contribution in [-0.2, 0) is 0 Å². The topological polar surface area (TPSA) is 86.5 Å². The van der Waals surface area contributed by atoms with Gasteiger partial charge in [-0.3, -0.25) is 4.79 Å². The maximum Gasteiger partial charge on any atom is 0.259 e. The fourth-order valence-corrected chi connectivity index (χ4v) is 3.31. The molecule has 0 saturated carbocycles. The average molecular weight is 387 g/mol. The van der Waals surface area contributed by atoms with Crippen LogP contribution in [0.2, 0.25) is 0 Å². The molecule has 0 aliphatic carbocycles. The van der Waals surface area contributed by atoms with Crippen LogP contribution < -0.4 is 14.8 Å². The van der Waals surface area contributed by atoms with Gasteiger partial charge in [0.15, 0.2) is 11.5 Å². The Morgan fingerprint density at radius 1 is 1.00 bits per heavy atom. The minimum Gasteiger partial charge on any atom is -0.454 e. The van der Waals surface area contributed by atoms with Crippen LogP contribution >= 0.6 is 0 Å². The van der Waals surface area contributed by atoms with Gasteiger partial charge in [-0.1, -0.05) is 22.9 Å². The Bertz CT molecular complexity index is 1250. The number of benzene rings is 2. The van der Waals surface area contributed by atoms with Crippen molar-refractivity contribution in [3.8, 4) is 22.8 Å². The molecule has 1 aliphatic heterocycles. The second-order valence-electron chi connectivity index (χ2n) is 6.89. The zero-order valence-corrected chi connectivity index (χ0v) is 15.9. The van der Waals surface area contributed by atoms with Crippen molar-refractivity contribution < 1.29 is 18.8 Å². The van der Waals surface area contributed by atoms with Gasteiger partial charge in [0, 0.05) is 11.3 Å². The first-order valence-electron chi connectivity index (χ1n) is 9.13. The molecule has 0 spiro atoms. The van der Waals surface area contributed by atoms with E-state index in [9.17, 15) is 4.79 Å². The number of hydrogen-bond donors (Lipinski definition) is 1. The van der Waals surface area contributed by atoms with Crippen LogP contribution in [0.15, 0.2) is 53.1 Å². The summed E-state index contributed by atoms with van der Waals surface area (Å²) < 4.78 is 16.2. The molecule has 0 saturated heterocycles. The van der Waals surface area contributed by atoms with Crippen molar-refractivity contribution in [2.24, 2.45) is 0 Å². The SMILES string of the molecule is Cc1ccc(NC(=O)c2cc(-c3ccc4c(c3)OCO4)nc3onc(C)c23)cc1. The quantitative estimate of drug-likeness (QED) is 0.557. The molecule has 1 N–H and O–H groups in total. The molecule has 2 aromatic heterocycles. The number of aromatic nitrogens is 2. The fraction of sp³-hybridized carbons (Fsp3) is 0.136. The molecule has 29 heavy (non-hydrogen) atoms. The molecule has 0 radical (unpaired) electrons. The van der Waals surface area contributed by atoms with Crippen LogP contribution in [0.5, 0.6) is 11.5 Å². The highest BCUT2D eigenvalue weighted by molar-refractivity contribution is 6.13. The van der Waals surface area contributed by atoms with Gasteiger partial charge in [0.1, 0.15) is 0 Å². The first kappa shape index (κ1) is 17.2. The van der Waals surface area contributed by atoms with Gasteiger partial charge >= 0.3 is 0 Å². The van der Waals surface area contributed by atoms with Gasteiger partial charge in [-0.2, -0.15) is 0 Å². The summed E-state index contributed by atoms with van der Waals surface area (Å²) in [5.74, 6) is 1.07. The molecule has 5 rings (SSSR count). The monoisotopic (exact) mass is 387 g/mol. The van der Waals surface area contributed by atoms with E-state index >= 15 is 0 Å². The highest BCUT2D eigenvalue weighted by atomic mass is 16.7. The number of rotatable bonds is 3. The largest absolute Gasteiger partial charge is 0.454 e. The minimum absolute atomic E-state index is 0.191. The van der Waals surface area contributed by atoms with E-state index in [4.69, 9.17) is 14.0 Å². The lowest BCUT2D eigenvalue weighted by molar-refractivity contribution is 0.102. The molecule has 4 aromatic rings. The summed E-state index contributed by atoms with van der Waals surface area (Å²) in [6.45, 7) is 3.98. The van der Waals surface area contributed by atoms with E-state index in [0.29, 0.717) is 45.2 Å². The van der Waals surface area contributed by atoms with Crippen molar-refractivity contribution in [3.05, 3.63) is 65.4 Å². The van der Waals surface area contributed by atoms with Gasteiger partial charge in [-0.25, -0.2) is 4.98 Å². The van der Waals surface area contributed by atoms with Gasteiger partial charge in [-0.05, 0) is 50.2 Å². The van der Waals surface area contributed by atoms with E-state index in [-0.39, 0.29) is 12.7 Å². The summed E-state index contributed by atoms with van der Waals surface area (Å²) in [5.41, 5.74) is 4.57. The zero-order chi connectivity index (χ0) is 20.0. The van der Waals surface area contributed by atoms with Gasteiger partial charge < -0.3 is 19.3 Å². The van der Waals surface area contributed by atoms with Gasteiger partial charge in [0.2, 0.25) is 6.79 Å². The number of anilines is 1. The average Bonchev–Trinajstić information content (AvgIpc) is 3.35. The third kappa shape index (κ3) is 3.06. The van der Waals surface area contributed by atoms with Crippen LogP contribution in [-0.4, -0.2) is 22.8 Å². The number of nitrogens with zero attached hydrogens (tertiary/aromatic N) is 2. The lowest BCUT2D eigenvalue weighted by Crippen LogP contribution is -2.13. The summed E-state index contributed by atoms with van der Waals surface area (Å²) in [6, 6.07) is 14.9. The molecule has 0 bridgehead atoms. The lowest BCUT2D eigenvalue weighted by atomic mass is 10.0. The van der Waals surface area contributed by atoms with Crippen molar-refractivity contribution in [3.63, 3.8) is 0 Å². The van der Waals surface area contributed by atoms with Crippen LogP contribution in [0, 0.1) is 13.8 Å². The molecule has 3 heterocycles. The molecule has 0 fully saturated rings. The van der Waals surface area contributed by atoms with Crippen LogP contribution in [0.1, 0.15) is 21.6 Å². The Morgan fingerprint density at radius 2 is 1.79 bits per heavy atom. The number of carbonyl (C=O) groups excluding carboxylic acids is 1. The number of hydrogen-bond acceptors (Lipinski definition) is 6. The molecule has 7 nitrogen and oxygen atoms in total. The molecular formula is C22H17N3O4. The maximum absolute atomic E-state index is 13.1. The predicted molar refractivity (Wildman–Crippen MR) is 107 cm³/mol. The molecule has 1 aliphatic rings. The van der Waals surface area contributed by atoms with Crippen LogP contribution in [0.3, 0.4) is 0 Å². The number of pyridine rings is 1. The first-order chi connectivity index (χ1) is 14.1. The van der Waals surface area contributed by atoms with E-state index in [1.807, 2.05) is 49.4 Å². The minimum atomic E-state index is -0.255. The third-order valence-electron chi connectivity index (χ3n) is 4.84. The van der Waals surface area contributed by atoms with E-state index in [0.717, 1.165) is 11.1 Å². The molecule has 0 unspecified atom stereocenters. The first-order valence-corrected chi connectivity index (χ1v) is 9.13. The van der Waals surface area contributed by atoms with Gasteiger partial charge in [0.05, 0.1) is 22.3 Å². The molecule has 0 atom stereocenters. The van der Waals surface area contributed by atoms with Crippen molar-refractivity contribution >= 4 is 22.7 Å². The highest BCUT2D eigenvalue weighted by Crippen LogP contribution is 2.36. The van der Waals surface area contributed by atoms with Crippen LogP contribution in [0.25, 0.3) is 22.4 Å². The smallest absolute Gasteiger partial charge is 0.259 e. The van der Waals surface area contributed by atoms with Crippen LogP contribution in [0.4, 0.5) is 5.69 Å². The Balaban J connectivity index is 1.59. The molecule has 2 aromatic carbocycles. The number of aryl methyl sites for hydroxylation is 2. The van der Waals surface area contributed by atoms with Crippen molar-refractivity contribution in [1.82, 2.24) is 10.1 Å². The Morgan fingerprint density at radius 3 is 2.62 bits per heavy atom. The number of ether oxygens (including phenoxy) is 2. The van der Waals surface area contributed by atoms with Crippen molar-refractivity contribution in [2.75, 3.05) is 12.1 Å². The predicted octanol–water partition coefficient (Wildman–Crippen LogP) is 4.49. The summed E-state index contributed by atoms with van der Waals surface area (Å²) >= 11 is 0. The maximum atomic E-state index is 13.1. The zero-order valence-electron chi connectivity index (χ0n) is 15.9. The number of carbonyl (C=O) groups is 1.